The largest absolute Gasteiger partial charge is 0.499 e. The van der Waals surface area contributed by atoms with E-state index in [-0.39, 0.29) is 98.4 Å². The van der Waals surface area contributed by atoms with Crippen LogP contribution in [0.25, 0.3) is 49.3 Å². The Bertz CT molecular complexity index is 4490. The molecule has 101 heavy (non-hydrogen) atoms. The van der Waals surface area contributed by atoms with Crippen LogP contribution in [-0.2, 0) is 69.1 Å². The van der Waals surface area contributed by atoms with E-state index in [1.807, 2.05) is 23.3 Å². The van der Waals surface area contributed by atoms with Crippen molar-refractivity contribution in [1.82, 2.24) is 65.5 Å². The number of aromatic nitrogens is 7. The Morgan fingerprint density at radius 2 is 1.53 bits per heavy atom. The third-order valence-electron chi connectivity index (χ3n) is 18.0. The van der Waals surface area contributed by atoms with Crippen LogP contribution in [0.4, 0.5) is 0 Å². The van der Waals surface area contributed by atoms with Crippen LogP contribution in [0, 0.1) is 0 Å². The second-order valence-electron chi connectivity index (χ2n) is 25.1. The molecule has 7 aromatic heterocycles. The second-order valence-corrected chi connectivity index (χ2v) is 29.4. The number of carbonyl (C=O) groups excluding carboxylic acids is 6. The second kappa shape index (κ2) is 30.0. The average molecular weight is 1480 g/mol. The number of fused-ring (bicyclic) bond motifs is 15. The van der Waals surface area contributed by atoms with Crippen LogP contribution in [0.1, 0.15) is 127 Å². The van der Waals surface area contributed by atoms with Crippen molar-refractivity contribution in [1.29, 1.82) is 0 Å². The number of pyridine rings is 1. The fourth-order valence-corrected chi connectivity index (χ4v) is 17.3. The summed E-state index contributed by atoms with van der Waals surface area (Å²) in [6.45, 7) is 10.6. The van der Waals surface area contributed by atoms with Crippen LogP contribution in [0.3, 0.4) is 0 Å². The number of methoxy groups -OCH3 is 1. The predicted octanol–water partition coefficient (Wildman–Crippen LogP) is 5.41. The van der Waals surface area contributed by atoms with Crippen LogP contribution in [0.5, 0.6) is 5.75 Å². The molecule has 2 fully saturated rings. The first-order valence-electron chi connectivity index (χ1n) is 32.5. The number of aliphatic hydroxyl groups excluding tert-OH is 1. The van der Waals surface area contributed by atoms with Gasteiger partial charge in [-0.3, -0.25) is 24.1 Å². The van der Waals surface area contributed by atoms with Gasteiger partial charge in [-0.15, -0.1) is 56.7 Å². The summed E-state index contributed by atoms with van der Waals surface area (Å²) in [5.74, 6) is -4.72. The zero-order chi connectivity index (χ0) is 71.1. The molecule has 5 aliphatic heterocycles. The number of ether oxygens (including phenoxy) is 8. The molecule has 12 bridgehead atoms. The smallest absolute Gasteiger partial charge is 0.355 e. The standard InChI is InChI=1S/C66H74N14O16S5/c1-9-80-42-12-10-11-33-22-93-65(87)53(96-44-20-66(5,88)54(78(6)7)32(4)95-44)52-50-63-73-39(28-101-63)55(82)69-37(24-94-64(86)51(80)36(23-92-52)45(33)42)60-70-38(26-99-60)48-35(19-43(91-18-15-79-13-16-90-17-14-79)49(74-48)62-68-34(21-67)25-97-62)59-71-40(27-98-59)56(83)75-46(30(2)81)58(85)76-47(31(3)89-8)61-72-41(29-100-61)57(84)77-50/h10-12,19,25-30,32,37,44,46,50,52-54,81,88H,9,13-18,20-24,67H2,1-8H3,(H,69,82)(H,75,83)(H,76,85)(H,77,84)/b47-31+. The van der Waals surface area contributed by atoms with E-state index < -0.39 is 109 Å². The third-order valence-corrected chi connectivity index (χ3v) is 22.5. The molecule has 4 amide bonds. The van der Waals surface area contributed by atoms with Crippen LogP contribution >= 0.6 is 56.7 Å². The topological polar surface area (TPSA) is 380 Å². The third kappa shape index (κ3) is 14.7. The zero-order valence-electron chi connectivity index (χ0n) is 56.1. The lowest BCUT2D eigenvalue weighted by Crippen LogP contribution is -2.62. The number of esters is 2. The molecule has 30 nitrogen and oxygen atoms in total. The number of cyclic esters (lactones) is 2. The molecule has 5 aliphatic rings. The maximum atomic E-state index is 15.4. The highest BCUT2D eigenvalue weighted by atomic mass is 32.1. The number of hydrogen-bond donors (Lipinski definition) is 7. The zero-order valence-corrected chi connectivity index (χ0v) is 60.2. The summed E-state index contributed by atoms with van der Waals surface area (Å²) in [4.78, 5) is 124. The van der Waals surface area contributed by atoms with Crippen molar-refractivity contribution in [3.05, 3.63) is 112 Å². The van der Waals surface area contributed by atoms with Gasteiger partial charge in [0.1, 0.15) is 126 Å². The summed E-state index contributed by atoms with van der Waals surface area (Å²) in [6.07, 6.45) is -7.11. The highest BCUT2D eigenvalue weighted by molar-refractivity contribution is 7.14. The summed E-state index contributed by atoms with van der Waals surface area (Å²) in [7, 11) is 4.97. The van der Waals surface area contributed by atoms with Crippen molar-refractivity contribution in [2.24, 2.45) is 5.73 Å². The number of hydrogen-bond acceptors (Lipinski definition) is 30. The maximum absolute atomic E-state index is 15.4. The number of rotatable bonds is 12. The van der Waals surface area contributed by atoms with Crippen LogP contribution < -0.4 is 31.7 Å². The summed E-state index contributed by atoms with van der Waals surface area (Å²) in [5.41, 5.74) is 7.37. The lowest BCUT2D eigenvalue weighted by molar-refractivity contribution is -0.280. The molecule has 0 spiro atoms. The maximum Gasteiger partial charge on any atom is 0.355 e. The van der Waals surface area contributed by atoms with Gasteiger partial charge in [0.2, 0.25) is 5.91 Å². The molecule has 0 saturated carbocycles. The number of aryl methyl sites for hydroxylation is 1. The van der Waals surface area contributed by atoms with E-state index >= 15 is 19.2 Å². The number of nitrogens with two attached hydrogens (primary N) is 1. The Balaban J connectivity index is 0.996. The van der Waals surface area contributed by atoms with E-state index in [4.69, 9.17) is 68.5 Å². The Labute approximate surface area is 598 Å². The van der Waals surface area contributed by atoms with Crippen molar-refractivity contribution >= 4 is 109 Å². The van der Waals surface area contributed by atoms with Gasteiger partial charge in [0.15, 0.2) is 12.4 Å². The number of amides is 4. The van der Waals surface area contributed by atoms with E-state index in [1.165, 1.54) is 48.4 Å². The number of allylic oxidation sites excluding steroid dienone is 1. The monoisotopic (exact) mass is 1480 g/mol. The predicted molar refractivity (Wildman–Crippen MR) is 372 cm³/mol. The molecule has 0 radical (unpaired) electrons. The van der Waals surface area contributed by atoms with Gasteiger partial charge in [0.05, 0.1) is 56.5 Å². The summed E-state index contributed by atoms with van der Waals surface area (Å²) in [6, 6.07) is 2.21. The van der Waals surface area contributed by atoms with Crippen molar-refractivity contribution in [2.45, 2.75) is 128 Å². The highest BCUT2D eigenvalue weighted by Crippen LogP contribution is 2.44. The first kappa shape index (κ1) is 71.3. The van der Waals surface area contributed by atoms with Gasteiger partial charge in [0.25, 0.3) is 17.7 Å². The SMILES string of the molecule is CCn1c2c3c4c(cccc41)COC(=O)C(OC1CC(C)(O)C(N(C)C)C(C)O1)C(OC3)C1NC(=O)c3csc(n3)/C(=C(/C)OC)NC(=O)C(C(C)O)NC(=O)c3csc(n3)-c3cc(OCCN4CCOCC4)c(-c4nc(CN)cs4)nc3-c3csc(n3)C(COC2=O)NC(=O)c2csc1n2. The van der Waals surface area contributed by atoms with E-state index in [0.717, 1.165) is 45.3 Å². The van der Waals surface area contributed by atoms with Gasteiger partial charge < -0.3 is 84.6 Å². The minimum absolute atomic E-state index is 0.0232. The molecule has 534 valence electrons. The van der Waals surface area contributed by atoms with Crippen LogP contribution in [-0.4, -0.2) is 206 Å². The Morgan fingerprint density at radius 1 is 0.842 bits per heavy atom. The van der Waals surface area contributed by atoms with Gasteiger partial charge >= 0.3 is 11.9 Å². The minimum Gasteiger partial charge on any atom is -0.499 e. The van der Waals surface area contributed by atoms with Crippen LogP contribution in [0.2, 0.25) is 0 Å². The number of aliphatic hydroxyl groups is 2. The molecule has 10 unspecified atom stereocenters. The molecular formula is C66H74N14O16S5. The molecule has 13 rings (SSSR count). The van der Waals surface area contributed by atoms with Gasteiger partial charge in [-0.05, 0) is 66.4 Å². The number of carbonyl (C=O) groups is 6. The lowest BCUT2D eigenvalue weighted by atomic mass is 9.85. The molecular weight excluding hydrogens is 1410 g/mol. The van der Waals surface area contributed by atoms with Crippen molar-refractivity contribution in [2.75, 3.05) is 67.3 Å². The van der Waals surface area contributed by atoms with Crippen molar-refractivity contribution < 1.29 is 76.9 Å². The lowest BCUT2D eigenvalue weighted by Gasteiger charge is -2.48. The highest BCUT2D eigenvalue weighted by Gasteiger charge is 2.50. The molecule has 0 aliphatic carbocycles. The normalized spacial score (nSPS) is 24.9. The molecule has 1 aromatic carbocycles. The number of morpholine rings is 1. The minimum atomic E-state index is -1.82. The van der Waals surface area contributed by atoms with Gasteiger partial charge in [-0.25, -0.2) is 39.5 Å². The fraction of sp³-hybridized carbons (Fsp3) is 0.455. The first-order valence-corrected chi connectivity index (χ1v) is 36.9. The number of nitrogens with zero attached hydrogens (tertiary/aromatic N) is 9. The first-order chi connectivity index (χ1) is 48.6. The molecule has 10 atom stereocenters. The average Bonchev–Trinajstić information content (AvgIpc) is 1.63. The fourth-order valence-electron chi connectivity index (χ4n) is 13.1. The summed E-state index contributed by atoms with van der Waals surface area (Å²) >= 11 is 5.39. The van der Waals surface area contributed by atoms with Gasteiger partial charge in [0, 0.05) is 88.1 Å². The number of nitrogens with one attached hydrogen (secondary N) is 4. The van der Waals surface area contributed by atoms with Crippen molar-refractivity contribution in [3.8, 4) is 38.4 Å². The van der Waals surface area contributed by atoms with E-state index in [9.17, 15) is 19.8 Å². The Kier molecular flexibility index (Phi) is 21.2. The van der Waals surface area contributed by atoms with Crippen molar-refractivity contribution in [3.63, 3.8) is 0 Å². The Morgan fingerprint density at radius 3 is 2.26 bits per heavy atom. The number of likely N-dealkylation sites (N-methyl/N-ethyl adjacent to an activating group) is 1. The quantitative estimate of drug-likeness (QED) is 0.0594. The molecule has 8 N–H and O–H groups in total. The van der Waals surface area contributed by atoms with Gasteiger partial charge in [-0.2, -0.15) is 0 Å². The molecule has 8 aromatic rings. The summed E-state index contributed by atoms with van der Waals surface area (Å²) in [5, 5.41) is 44.2. The molecule has 35 heteroatoms. The Hall–Kier alpha value is -8.14. The molecule has 2 saturated heterocycles. The molecule has 12 heterocycles. The van der Waals surface area contributed by atoms with E-state index in [1.54, 1.807) is 56.1 Å². The van der Waals surface area contributed by atoms with E-state index in [2.05, 4.69) is 31.2 Å². The van der Waals surface area contributed by atoms with Gasteiger partial charge in [-0.1, -0.05) is 12.1 Å². The van der Waals surface area contributed by atoms with Crippen LogP contribution in [0.15, 0.2) is 56.9 Å². The number of benzene rings is 1. The number of thiazole rings is 5. The summed E-state index contributed by atoms with van der Waals surface area (Å²) < 4.78 is 52.6. The van der Waals surface area contributed by atoms with E-state index in [0.29, 0.717) is 82.6 Å².